The normalized spacial score (nSPS) is 12.9. The summed E-state index contributed by atoms with van der Waals surface area (Å²) < 4.78 is 11.3. The van der Waals surface area contributed by atoms with Crippen LogP contribution < -0.4 is 9.47 Å². The van der Waals surface area contributed by atoms with Crippen molar-refractivity contribution >= 4 is 5.97 Å². The van der Waals surface area contributed by atoms with E-state index in [4.69, 9.17) is 9.47 Å². The first-order valence-electron chi connectivity index (χ1n) is 12.1. The van der Waals surface area contributed by atoms with E-state index in [0.29, 0.717) is 5.75 Å². The summed E-state index contributed by atoms with van der Waals surface area (Å²) in [6.45, 7) is 8.14. The van der Waals surface area contributed by atoms with Crippen molar-refractivity contribution in [3.63, 3.8) is 0 Å². The van der Waals surface area contributed by atoms with Crippen molar-refractivity contribution < 1.29 is 14.3 Å². The van der Waals surface area contributed by atoms with Gasteiger partial charge in [0.15, 0.2) is 0 Å². The lowest BCUT2D eigenvalue weighted by Gasteiger charge is -2.12. The molecule has 31 heavy (non-hydrogen) atoms. The van der Waals surface area contributed by atoms with Gasteiger partial charge in [-0.2, -0.15) is 0 Å². The molecule has 0 spiro atoms. The van der Waals surface area contributed by atoms with E-state index in [9.17, 15) is 4.79 Å². The van der Waals surface area contributed by atoms with Gasteiger partial charge >= 0.3 is 5.97 Å². The van der Waals surface area contributed by atoms with Crippen LogP contribution in [0.4, 0.5) is 0 Å². The predicted octanol–water partition coefficient (Wildman–Crippen LogP) is 7.55. The number of carbonyl (C=O) groups is 1. The van der Waals surface area contributed by atoms with Crippen LogP contribution in [0.5, 0.6) is 11.5 Å². The molecule has 0 bridgehead atoms. The molecule has 0 aliphatic rings. The molecule has 170 valence electrons. The van der Waals surface area contributed by atoms with Crippen LogP contribution in [0.25, 0.3) is 0 Å². The van der Waals surface area contributed by atoms with Crippen LogP contribution in [-0.4, -0.2) is 12.1 Å². The van der Waals surface area contributed by atoms with Gasteiger partial charge in [0, 0.05) is 0 Å². The molecule has 2 atom stereocenters. The quantitative estimate of drug-likeness (QED) is 0.178. The van der Waals surface area contributed by atoms with Crippen molar-refractivity contribution in [1.82, 2.24) is 0 Å². The zero-order chi connectivity index (χ0) is 22.5. The minimum Gasteiger partial charge on any atom is -0.491 e. The summed E-state index contributed by atoms with van der Waals surface area (Å²) >= 11 is 0. The van der Waals surface area contributed by atoms with E-state index in [1.807, 2.05) is 26.0 Å². The van der Waals surface area contributed by atoms with Crippen LogP contribution in [0.2, 0.25) is 0 Å². The Morgan fingerprint density at radius 2 is 1.19 bits per heavy atom. The molecule has 2 rings (SSSR count). The zero-order valence-electron chi connectivity index (χ0n) is 19.9. The lowest BCUT2D eigenvalue weighted by molar-refractivity contribution is -0.138. The van der Waals surface area contributed by atoms with Crippen LogP contribution in [0.15, 0.2) is 48.5 Å². The van der Waals surface area contributed by atoms with E-state index < -0.39 is 0 Å². The van der Waals surface area contributed by atoms with Crippen LogP contribution in [0.3, 0.4) is 0 Å². The molecule has 0 aliphatic heterocycles. The Kier molecular flexibility index (Phi) is 11.2. The predicted molar refractivity (Wildman–Crippen MR) is 129 cm³/mol. The maximum Gasteiger partial charge on any atom is 0.314 e. The summed E-state index contributed by atoms with van der Waals surface area (Å²) in [6.07, 6.45) is 10.6. The second kappa shape index (κ2) is 13.9. The van der Waals surface area contributed by atoms with E-state index in [0.717, 1.165) is 31.4 Å². The van der Waals surface area contributed by atoms with Gasteiger partial charge in [-0.25, -0.2) is 0 Å². The second-order valence-corrected chi connectivity index (χ2v) is 8.62. The van der Waals surface area contributed by atoms with Gasteiger partial charge < -0.3 is 9.47 Å². The van der Waals surface area contributed by atoms with Gasteiger partial charge in [-0.3, -0.25) is 4.79 Å². The average Bonchev–Trinajstić information content (AvgIpc) is 2.79. The fourth-order valence-corrected chi connectivity index (χ4v) is 3.35. The second-order valence-electron chi connectivity index (χ2n) is 8.62. The third kappa shape index (κ3) is 9.59. The van der Waals surface area contributed by atoms with Gasteiger partial charge in [-0.1, -0.05) is 64.3 Å². The van der Waals surface area contributed by atoms with Gasteiger partial charge in [-0.15, -0.1) is 0 Å². The summed E-state index contributed by atoms with van der Waals surface area (Å²) in [4.78, 5) is 11.9. The molecule has 0 amide bonds. The van der Waals surface area contributed by atoms with Crippen LogP contribution in [-0.2, 0) is 17.6 Å². The fourth-order valence-electron chi connectivity index (χ4n) is 3.35. The maximum atomic E-state index is 11.9. The number of rotatable bonds is 14. The Hall–Kier alpha value is -2.29. The standard InChI is InChI=1S/C28H40O3/c1-5-22(3)28(29)31-27-20-16-25(17-21-27)13-11-9-7-8-10-12-24-14-18-26(19-15-24)30-23(4)6-2/h14-23H,5-13H2,1-4H3. The Bertz CT molecular complexity index is 749. The highest BCUT2D eigenvalue weighted by Gasteiger charge is 2.12. The Morgan fingerprint density at radius 1 is 0.710 bits per heavy atom. The molecule has 0 aromatic heterocycles. The minimum atomic E-state index is -0.148. The summed E-state index contributed by atoms with van der Waals surface area (Å²) in [5.41, 5.74) is 2.70. The topological polar surface area (TPSA) is 35.5 Å². The van der Waals surface area contributed by atoms with Crippen molar-refractivity contribution in [2.24, 2.45) is 5.92 Å². The Morgan fingerprint density at radius 3 is 1.68 bits per heavy atom. The lowest BCUT2D eigenvalue weighted by atomic mass is 10.0. The highest BCUT2D eigenvalue weighted by atomic mass is 16.5. The molecule has 2 unspecified atom stereocenters. The largest absolute Gasteiger partial charge is 0.491 e. The number of ether oxygens (including phenoxy) is 2. The van der Waals surface area contributed by atoms with E-state index in [1.54, 1.807) is 0 Å². The first kappa shape index (κ1) is 25.0. The van der Waals surface area contributed by atoms with Crippen LogP contribution in [0.1, 0.15) is 83.8 Å². The van der Waals surface area contributed by atoms with Gasteiger partial charge in [0.05, 0.1) is 12.0 Å². The molecule has 0 N–H and O–H groups in total. The number of hydrogen-bond acceptors (Lipinski definition) is 3. The Labute approximate surface area is 189 Å². The number of carbonyl (C=O) groups excluding carboxylic acids is 1. The summed E-state index contributed by atoms with van der Waals surface area (Å²) in [5.74, 6) is 1.42. The minimum absolute atomic E-state index is 0.0531. The van der Waals surface area contributed by atoms with E-state index in [1.165, 1.54) is 43.2 Å². The first-order valence-corrected chi connectivity index (χ1v) is 12.1. The van der Waals surface area contributed by atoms with Crippen molar-refractivity contribution in [1.29, 1.82) is 0 Å². The summed E-state index contributed by atoms with van der Waals surface area (Å²) in [6, 6.07) is 16.6. The summed E-state index contributed by atoms with van der Waals surface area (Å²) in [7, 11) is 0. The van der Waals surface area contributed by atoms with Crippen molar-refractivity contribution in [3.8, 4) is 11.5 Å². The van der Waals surface area contributed by atoms with Crippen molar-refractivity contribution in [3.05, 3.63) is 59.7 Å². The number of benzene rings is 2. The number of esters is 1. The molecular formula is C28H40O3. The highest BCUT2D eigenvalue weighted by Crippen LogP contribution is 2.18. The molecule has 0 aliphatic carbocycles. The molecule has 0 saturated heterocycles. The van der Waals surface area contributed by atoms with Crippen LogP contribution in [0, 0.1) is 5.92 Å². The zero-order valence-corrected chi connectivity index (χ0v) is 19.9. The molecule has 0 fully saturated rings. The molecule has 0 radical (unpaired) electrons. The molecule has 2 aromatic rings. The van der Waals surface area contributed by atoms with Crippen molar-refractivity contribution in [2.45, 2.75) is 91.6 Å². The fraction of sp³-hybridized carbons (Fsp3) is 0.536. The number of unbranched alkanes of at least 4 members (excludes halogenated alkanes) is 4. The molecule has 0 heterocycles. The van der Waals surface area contributed by atoms with E-state index >= 15 is 0 Å². The molecule has 3 nitrogen and oxygen atoms in total. The third-order valence-electron chi connectivity index (χ3n) is 5.92. The number of aryl methyl sites for hydroxylation is 2. The Balaban J connectivity index is 1.56. The van der Waals surface area contributed by atoms with E-state index in [2.05, 4.69) is 50.2 Å². The number of hydrogen-bond donors (Lipinski definition) is 0. The molecule has 3 heteroatoms. The smallest absolute Gasteiger partial charge is 0.314 e. The monoisotopic (exact) mass is 424 g/mol. The van der Waals surface area contributed by atoms with Gasteiger partial charge in [-0.05, 0) is 80.8 Å². The van der Waals surface area contributed by atoms with Crippen molar-refractivity contribution in [2.75, 3.05) is 0 Å². The van der Waals surface area contributed by atoms with Gasteiger partial charge in [0.25, 0.3) is 0 Å². The molecule has 0 saturated carbocycles. The SMILES string of the molecule is CCC(C)Oc1ccc(CCCCCCCc2ccc(OC(=O)C(C)CC)cc2)cc1. The third-order valence-corrected chi connectivity index (χ3v) is 5.92. The van der Waals surface area contributed by atoms with Crippen LogP contribution >= 0.6 is 0 Å². The lowest BCUT2D eigenvalue weighted by Crippen LogP contribution is -2.16. The molecular weight excluding hydrogens is 384 g/mol. The maximum absolute atomic E-state index is 11.9. The van der Waals surface area contributed by atoms with E-state index in [-0.39, 0.29) is 18.0 Å². The average molecular weight is 425 g/mol. The van der Waals surface area contributed by atoms with Gasteiger partial charge in [0.2, 0.25) is 0 Å². The van der Waals surface area contributed by atoms with Gasteiger partial charge in [0.1, 0.15) is 11.5 Å². The first-order chi connectivity index (χ1) is 15.0. The molecule has 2 aromatic carbocycles. The highest BCUT2D eigenvalue weighted by molar-refractivity contribution is 5.74. The summed E-state index contributed by atoms with van der Waals surface area (Å²) in [5, 5.41) is 0.